The second-order valence-corrected chi connectivity index (χ2v) is 5.44. The number of benzene rings is 1. The molecule has 21 heavy (non-hydrogen) atoms. The van der Waals surface area contributed by atoms with E-state index in [9.17, 15) is 9.59 Å². The third kappa shape index (κ3) is 2.58. The zero-order chi connectivity index (χ0) is 14.8. The fraction of sp³-hybridized carbons (Fsp3) is 0.412. The highest BCUT2D eigenvalue weighted by molar-refractivity contribution is 6.04. The van der Waals surface area contributed by atoms with Crippen LogP contribution in [0.5, 0.6) is 0 Å². The molecule has 0 atom stereocenters. The van der Waals surface area contributed by atoms with Crippen LogP contribution in [0.15, 0.2) is 18.2 Å². The molecule has 3 rings (SSSR count). The molecule has 0 bridgehead atoms. The number of rotatable bonds is 2. The Morgan fingerprint density at radius 3 is 2.86 bits per heavy atom. The molecule has 1 aliphatic rings. The van der Waals surface area contributed by atoms with Gasteiger partial charge in [0.15, 0.2) is 5.78 Å². The number of aromatic amines is 1. The molecule has 0 amide bonds. The van der Waals surface area contributed by atoms with Crippen LogP contribution in [0.4, 0.5) is 0 Å². The van der Waals surface area contributed by atoms with Crippen LogP contribution < -0.4 is 0 Å². The highest BCUT2D eigenvalue weighted by atomic mass is 16.5. The Labute approximate surface area is 123 Å². The molecule has 1 aromatic carbocycles. The van der Waals surface area contributed by atoms with E-state index in [2.05, 4.69) is 4.98 Å². The van der Waals surface area contributed by atoms with Gasteiger partial charge in [0, 0.05) is 17.3 Å². The number of carbonyl (C=O) groups excluding carboxylic acids is 2. The first-order chi connectivity index (χ1) is 10.2. The number of fused-ring (bicyclic) bond motifs is 3. The number of nitrogens with one attached hydrogen (secondary N) is 1. The van der Waals surface area contributed by atoms with Gasteiger partial charge in [-0.1, -0.05) is 6.42 Å². The van der Waals surface area contributed by atoms with E-state index >= 15 is 0 Å². The van der Waals surface area contributed by atoms with E-state index in [1.54, 1.807) is 13.0 Å². The molecule has 4 nitrogen and oxygen atoms in total. The Morgan fingerprint density at radius 2 is 2.05 bits per heavy atom. The maximum absolute atomic E-state index is 12.2. The Hall–Kier alpha value is -2.10. The second-order valence-electron chi connectivity index (χ2n) is 5.44. The van der Waals surface area contributed by atoms with Gasteiger partial charge in [-0.05, 0) is 49.9 Å². The van der Waals surface area contributed by atoms with E-state index in [1.165, 1.54) is 0 Å². The van der Waals surface area contributed by atoms with Gasteiger partial charge in [0.25, 0.3) is 0 Å². The summed E-state index contributed by atoms with van der Waals surface area (Å²) >= 11 is 0. The molecule has 0 saturated carbocycles. The van der Waals surface area contributed by atoms with Crippen LogP contribution in [0, 0.1) is 0 Å². The molecule has 0 unspecified atom stereocenters. The predicted octanol–water partition coefficient (Wildman–Crippen LogP) is 3.64. The van der Waals surface area contributed by atoms with Gasteiger partial charge in [0.2, 0.25) is 0 Å². The minimum Gasteiger partial charge on any atom is -0.462 e. The number of hydrogen-bond donors (Lipinski definition) is 1. The Bertz CT molecular complexity index is 699. The van der Waals surface area contributed by atoms with Crippen molar-refractivity contribution in [3.63, 3.8) is 0 Å². The summed E-state index contributed by atoms with van der Waals surface area (Å²) < 4.78 is 5.05. The van der Waals surface area contributed by atoms with Crippen LogP contribution in [0.3, 0.4) is 0 Å². The van der Waals surface area contributed by atoms with Gasteiger partial charge in [-0.3, -0.25) is 4.79 Å². The molecule has 1 aromatic heterocycles. The molecule has 0 saturated heterocycles. The summed E-state index contributed by atoms with van der Waals surface area (Å²) in [7, 11) is 0. The van der Waals surface area contributed by atoms with Crippen LogP contribution in [0.2, 0.25) is 0 Å². The smallest absolute Gasteiger partial charge is 0.338 e. The number of aromatic nitrogens is 1. The molecule has 0 spiro atoms. The third-order valence-corrected chi connectivity index (χ3v) is 4.03. The van der Waals surface area contributed by atoms with Crippen molar-refractivity contribution in [3.8, 4) is 0 Å². The summed E-state index contributed by atoms with van der Waals surface area (Å²) in [6, 6.07) is 5.45. The Balaban J connectivity index is 2.10. The zero-order valence-electron chi connectivity index (χ0n) is 12.2. The lowest BCUT2D eigenvalue weighted by atomic mass is 9.95. The Morgan fingerprint density at radius 1 is 1.24 bits per heavy atom. The van der Waals surface area contributed by atoms with Crippen LogP contribution in [-0.2, 0) is 11.2 Å². The number of ketones is 1. The van der Waals surface area contributed by atoms with Gasteiger partial charge in [-0.2, -0.15) is 0 Å². The van der Waals surface area contributed by atoms with Crippen molar-refractivity contribution >= 4 is 22.7 Å². The predicted molar refractivity (Wildman–Crippen MR) is 80.8 cm³/mol. The molecule has 0 fully saturated rings. The number of Topliss-reactive ketones (excluding diaryl/α,β-unsaturated/α-hetero) is 1. The van der Waals surface area contributed by atoms with Gasteiger partial charge in [-0.15, -0.1) is 0 Å². The quantitative estimate of drug-likeness (QED) is 0.857. The minimum atomic E-state index is -0.313. The van der Waals surface area contributed by atoms with Crippen LogP contribution in [-0.4, -0.2) is 23.3 Å². The van der Waals surface area contributed by atoms with Crippen molar-refractivity contribution in [3.05, 3.63) is 35.0 Å². The first kappa shape index (κ1) is 13.9. The van der Waals surface area contributed by atoms with Crippen molar-refractivity contribution in [2.45, 2.75) is 39.0 Å². The fourth-order valence-corrected chi connectivity index (χ4v) is 2.98. The molecular formula is C17H19NO3. The van der Waals surface area contributed by atoms with Crippen molar-refractivity contribution in [1.29, 1.82) is 0 Å². The average molecular weight is 285 g/mol. The number of carbonyl (C=O) groups is 2. The number of hydrogen-bond acceptors (Lipinski definition) is 3. The molecular weight excluding hydrogens is 266 g/mol. The van der Waals surface area contributed by atoms with Crippen LogP contribution in [0.25, 0.3) is 10.9 Å². The summed E-state index contributed by atoms with van der Waals surface area (Å²) in [6.45, 7) is 2.15. The summed E-state index contributed by atoms with van der Waals surface area (Å²) in [5.41, 5.74) is 3.25. The highest BCUT2D eigenvalue weighted by Crippen LogP contribution is 2.28. The summed E-state index contributed by atoms with van der Waals surface area (Å²) in [5.74, 6) is -0.134. The molecule has 1 aliphatic carbocycles. The first-order valence-corrected chi connectivity index (χ1v) is 7.55. The lowest BCUT2D eigenvalue weighted by Crippen LogP contribution is -2.06. The maximum atomic E-state index is 12.2. The maximum Gasteiger partial charge on any atom is 0.338 e. The number of esters is 1. The Kier molecular flexibility index (Phi) is 3.78. The monoisotopic (exact) mass is 285 g/mol. The normalized spacial score (nSPS) is 15.4. The van der Waals surface area contributed by atoms with E-state index in [0.29, 0.717) is 18.6 Å². The van der Waals surface area contributed by atoms with E-state index in [-0.39, 0.29) is 11.8 Å². The number of aryl methyl sites for hydroxylation is 1. The molecule has 0 radical (unpaired) electrons. The topological polar surface area (TPSA) is 59.2 Å². The van der Waals surface area contributed by atoms with E-state index in [4.69, 9.17) is 4.74 Å². The van der Waals surface area contributed by atoms with Gasteiger partial charge in [0.1, 0.15) is 0 Å². The van der Waals surface area contributed by atoms with Crippen molar-refractivity contribution in [2.75, 3.05) is 6.61 Å². The first-order valence-electron chi connectivity index (χ1n) is 7.55. The lowest BCUT2D eigenvalue weighted by Gasteiger charge is -2.09. The van der Waals surface area contributed by atoms with Crippen molar-refractivity contribution < 1.29 is 14.3 Å². The van der Waals surface area contributed by atoms with Gasteiger partial charge < -0.3 is 9.72 Å². The van der Waals surface area contributed by atoms with Gasteiger partial charge in [0.05, 0.1) is 17.9 Å². The van der Waals surface area contributed by atoms with Crippen LogP contribution in [0.1, 0.15) is 59.0 Å². The van der Waals surface area contributed by atoms with Crippen LogP contribution >= 0.6 is 0 Å². The molecule has 1 heterocycles. The molecule has 2 aromatic rings. The standard InChI is InChI=1S/C17H19NO3/c1-2-21-17(20)11-8-9-14-13(10-11)12-6-4-3-5-7-15(19)16(12)18-14/h8-10,18H,2-7H2,1H3. The summed E-state index contributed by atoms with van der Waals surface area (Å²) in [5, 5.41) is 0.978. The second kappa shape index (κ2) is 5.72. The molecule has 0 aliphatic heterocycles. The van der Waals surface area contributed by atoms with Gasteiger partial charge in [-0.25, -0.2) is 4.79 Å². The largest absolute Gasteiger partial charge is 0.462 e. The van der Waals surface area contributed by atoms with E-state index < -0.39 is 0 Å². The number of ether oxygens (including phenoxy) is 1. The SMILES string of the molecule is CCOC(=O)c1ccc2[nH]c3c(c2c1)CCCCCC3=O. The summed E-state index contributed by atoms with van der Waals surface area (Å²) in [4.78, 5) is 27.3. The summed E-state index contributed by atoms with van der Waals surface area (Å²) in [6.07, 6.45) is 4.60. The number of H-pyrrole nitrogens is 1. The van der Waals surface area contributed by atoms with Gasteiger partial charge >= 0.3 is 5.97 Å². The molecule has 1 N–H and O–H groups in total. The fourth-order valence-electron chi connectivity index (χ4n) is 2.98. The third-order valence-electron chi connectivity index (χ3n) is 4.03. The zero-order valence-corrected chi connectivity index (χ0v) is 12.2. The average Bonchev–Trinajstić information content (AvgIpc) is 2.82. The highest BCUT2D eigenvalue weighted by Gasteiger charge is 2.20. The molecule has 110 valence electrons. The van der Waals surface area contributed by atoms with Crippen molar-refractivity contribution in [2.24, 2.45) is 0 Å². The van der Waals surface area contributed by atoms with Crippen molar-refractivity contribution in [1.82, 2.24) is 4.98 Å². The lowest BCUT2D eigenvalue weighted by molar-refractivity contribution is 0.0526. The van der Waals surface area contributed by atoms with E-state index in [0.717, 1.165) is 47.8 Å². The molecule has 4 heteroatoms. The van der Waals surface area contributed by atoms with E-state index in [1.807, 2.05) is 12.1 Å². The minimum absolute atomic E-state index is 0.179.